The Morgan fingerprint density at radius 2 is 1.87 bits per heavy atom. The number of para-hydroxylation sites is 1. The third kappa shape index (κ3) is 2.51. The largest absolute Gasteiger partial charge is 0.388 e. The average molecular weight is 408 g/mol. The highest BCUT2D eigenvalue weighted by Crippen LogP contribution is 2.69. The summed E-state index contributed by atoms with van der Waals surface area (Å²) in [4.78, 5) is 3.89. The van der Waals surface area contributed by atoms with E-state index < -0.39 is 5.60 Å². The lowest BCUT2D eigenvalue weighted by Crippen LogP contribution is -2.57. The molecule has 3 nitrogen and oxygen atoms in total. The van der Waals surface area contributed by atoms with Gasteiger partial charge >= 0.3 is 0 Å². The Bertz CT molecular complexity index is 986. The van der Waals surface area contributed by atoms with Crippen LogP contribution in [0.2, 0.25) is 0 Å². The molecule has 7 atom stereocenters. The maximum atomic E-state index is 10.5. The molecule has 1 aliphatic heterocycles. The lowest BCUT2D eigenvalue weighted by molar-refractivity contribution is -0.206. The first-order valence-corrected chi connectivity index (χ1v) is 12.2. The van der Waals surface area contributed by atoms with E-state index in [-0.39, 0.29) is 6.10 Å². The Morgan fingerprint density at radius 1 is 1.07 bits per heavy atom. The van der Waals surface area contributed by atoms with Crippen molar-refractivity contribution in [2.75, 3.05) is 0 Å². The molecule has 0 bridgehead atoms. The summed E-state index contributed by atoms with van der Waals surface area (Å²) in [5.74, 6) is 2.01. The summed E-state index contributed by atoms with van der Waals surface area (Å²) in [6.45, 7) is 8.99. The van der Waals surface area contributed by atoms with E-state index in [1.54, 1.807) is 11.3 Å². The molecular weight excluding hydrogens is 370 g/mol. The van der Waals surface area contributed by atoms with E-state index in [0.29, 0.717) is 28.8 Å². The monoisotopic (exact) mass is 407 g/mol. The van der Waals surface area contributed by atoms with Crippen LogP contribution in [-0.2, 0) is 11.2 Å². The minimum Gasteiger partial charge on any atom is -0.388 e. The van der Waals surface area contributed by atoms with Crippen LogP contribution in [0.3, 0.4) is 0 Å². The second-order valence-electron chi connectivity index (χ2n) is 12.1. The molecule has 4 aliphatic rings. The van der Waals surface area contributed by atoms with Crippen molar-refractivity contribution < 1.29 is 9.84 Å². The lowest BCUT2D eigenvalue weighted by atomic mass is 9.45. The highest BCUT2D eigenvalue weighted by atomic mass is 16.5. The maximum absolute atomic E-state index is 10.5. The standard InChI is InChI=1S/C27H37NO2/c1-25(2,29)22-10-9-17-19-11-13-26(3)15-18-16-7-5-6-8-20(16)28-23(18)24(26)27(19,4)14-12-21(17)30-22/h5-8,17,19,21-22,24,28-29H,9-15H2,1-4H3. The van der Waals surface area contributed by atoms with Gasteiger partial charge in [0.15, 0.2) is 0 Å². The Kier molecular flexibility index (Phi) is 3.96. The average Bonchev–Trinajstić information content (AvgIpc) is 3.18. The molecule has 2 aromatic rings. The van der Waals surface area contributed by atoms with Crippen molar-refractivity contribution in [3.8, 4) is 0 Å². The SMILES string of the molecule is CC(C)(O)C1CCC2C(CCC3(C)C2CCC2(C)Cc4c([nH]c5ccccc45)C23)O1. The van der Waals surface area contributed by atoms with Crippen LogP contribution in [0.25, 0.3) is 10.9 Å². The number of hydrogen-bond acceptors (Lipinski definition) is 2. The van der Waals surface area contributed by atoms with E-state index in [1.807, 2.05) is 13.8 Å². The summed E-state index contributed by atoms with van der Waals surface area (Å²) in [6.07, 6.45) is 8.81. The molecule has 6 rings (SSSR count). The molecule has 3 aliphatic carbocycles. The van der Waals surface area contributed by atoms with E-state index in [4.69, 9.17) is 4.74 Å². The van der Waals surface area contributed by atoms with Crippen molar-refractivity contribution in [2.45, 2.75) is 96.4 Å². The molecule has 2 N–H and O–H groups in total. The molecule has 3 fully saturated rings. The fourth-order valence-corrected chi connectivity index (χ4v) is 8.56. The van der Waals surface area contributed by atoms with Crippen molar-refractivity contribution >= 4 is 10.9 Å². The molecule has 162 valence electrons. The Balaban J connectivity index is 1.37. The van der Waals surface area contributed by atoms with E-state index in [2.05, 4.69) is 43.1 Å². The summed E-state index contributed by atoms with van der Waals surface area (Å²) < 4.78 is 6.54. The van der Waals surface area contributed by atoms with E-state index >= 15 is 0 Å². The fourth-order valence-electron chi connectivity index (χ4n) is 8.56. The van der Waals surface area contributed by atoms with Gasteiger partial charge in [-0.1, -0.05) is 32.0 Å². The van der Waals surface area contributed by atoms with Crippen molar-refractivity contribution in [1.29, 1.82) is 0 Å². The zero-order valence-electron chi connectivity index (χ0n) is 19.0. The van der Waals surface area contributed by atoms with Gasteiger partial charge in [0, 0.05) is 22.5 Å². The topological polar surface area (TPSA) is 45.2 Å². The number of aliphatic hydroxyl groups is 1. The first kappa shape index (κ1) is 19.4. The van der Waals surface area contributed by atoms with Crippen LogP contribution in [0.15, 0.2) is 24.3 Å². The number of H-pyrrole nitrogens is 1. The van der Waals surface area contributed by atoms with Crippen molar-refractivity contribution in [2.24, 2.45) is 22.7 Å². The second-order valence-corrected chi connectivity index (χ2v) is 12.1. The van der Waals surface area contributed by atoms with Gasteiger partial charge < -0.3 is 14.8 Å². The van der Waals surface area contributed by atoms with Crippen LogP contribution >= 0.6 is 0 Å². The Hall–Kier alpha value is -1.32. The summed E-state index contributed by atoms with van der Waals surface area (Å²) in [5.41, 5.74) is 4.46. The van der Waals surface area contributed by atoms with Crippen LogP contribution in [-0.4, -0.2) is 27.9 Å². The normalized spacial score (nSPS) is 43.0. The van der Waals surface area contributed by atoms with Crippen molar-refractivity contribution in [3.63, 3.8) is 0 Å². The smallest absolute Gasteiger partial charge is 0.0860 e. The van der Waals surface area contributed by atoms with Gasteiger partial charge in [0.25, 0.3) is 0 Å². The zero-order chi connectivity index (χ0) is 20.9. The number of aromatic amines is 1. The van der Waals surface area contributed by atoms with Gasteiger partial charge in [-0.3, -0.25) is 0 Å². The predicted molar refractivity (Wildman–Crippen MR) is 121 cm³/mol. The molecule has 1 aromatic heterocycles. The lowest BCUT2D eigenvalue weighted by Gasteiger charge is -2.61. The van der Waals surface area contributed by atoms with Gasteiger partial charge in [-0.25, -0.2) is 0 Å². The van der Waals surface area contributed by atoms with Crippen LogP contribution in [0.1, 0.15) is 83.4 Å². The number of aromatic nitrogens is 1. The molecule has 1 aromatic carbocycles. The molecule has 0 spiro atoms. The summed E-state index contributed by atoms with van der Waals surface area (Å²) in [6, 6.07) is 8.90. The van der Waals surface area contributed by atoms with Gasteiger partial charge in [-0.2, -0.15) is 0 Å². The maximum Gasteiger partial charge on any atom is 0.0860 e. The molecule has 2 saturated carbocycles. The Morgan fingerprint density at radius 3 is 2.67 bits per heavy atom. The molecule has 3 heteroatoms. The number of rotatable bonds is 1. The minimum absolute atomic E-state index is 0.0104. The summed E-state index contributed by atoms with van der Waals surface area (Å²) in [7, 11) is 0. The van der Waals surface area contributed by atoms with Gasteiger partial charge in [-0.05, 0) is 93.1 Å². The highest BCUT2D eigenvalue weighted by molar-refractivity contribution is 5.86. The zero-order valence-corrected chi connectivity index (χ0v) is 19.0. The molecule has 1 saturated heterocycles. The van der Waals surface area contributed by atoms with E-state index in [1.165, 1.54) is 43.0 Å². The molecule has 30 heavy (non-hydrogen) atoms. The van der Waals surface area contributed by atoms with E-state index in [0.717, 1.165) is 18.8 Å². The summed E-state index contributed by atoms with van der Waals surface area (Å²) >= 11 is 0. The van der Waals surface area contributed by atoms with Crippen molar-refractivity contribution in [1.82, 2.24) is 4.98 Å². The molecule has 0 amide bonds. The van der Waals surface area contributed by atoms with Gasteiger partial charge in [0.2, 0.25) is 0 Å². The third-order valence-electron chi connectivity index (χ3n) is 9.80. The van der Waals surface area contributed by atoms with Crippen LogP contribution in [0, 0.1) is 22.7 Å². The summed E-state index contributed by atoms with van der Waals surface area (Å²) in [5, 5.41) is 12.0. The van der Waals surface area contributed by atoms with Crippen molar-refractivity contribution in [3.05, 3.63) is 35.5 Å². The van der Waals surface area contributed by atoms with Crippen LogP contribution < -0.4 is 0 Å². The molecular formula is C27H37NO2. The second kappa shape index (κ2) is 6.13. The van der Waals surface area contributed by atoms with Gasteiger partial charge in [-0.15, -0.1) is 0 Å². The quantitative estimate of drug-likeness (QED) is 0.613. The Labute approximate surface area is 180 Å². The van der Waals surface area contributed by atoms with Gasteiger partial charge in [0.05, 0.1) is 17.8 Å². The fraction of sp³-hybridized carbons (Fsp3) is 0.704. The molecule has 2 heterocycles. The first-order valence-electron chi connectivity index (χ1n) is 12.2. The molecule has 7 unspecified atom stereocenters. The first-order chi connectivity index (χ1) is 14.2. The number of nitrogens with one attached hydrogen (secondary N) is 1. The van der Waals surface area contributed by atoms with Crippen LogP contribution in [0.5, 0.6) is 0 Å². The number of ether oxygens (including phenoxy) is 1. The number of hydrogen-bond donors (Lipinski definition) is 2. The number of fused-ring (bicyclic) bond motifs is 9. The molecule has 0 radical (unpaired) electrons. The van der Waals surface area contributed by atoms with Crippen LogP contribution in [0.4, 0.5) is 0 Å². The predicted octanol–water partition coefficient (Wildman–Crippen LogP) is 5.96. The third-order valence-corrected chi connectivity index (χ3v) is 9.80. The van der Waals surface area contributed by atoms with E-state index in [9.17, 15) is 5.11 Å². The van der Waals surface area contributed by atoms with Gasteiger partial charge in [0.1, 0.15) is 0 Å². The minimum atomic E-state index is -0.735. The highest BCUT2D eigenvalue weighted by Gasteiger charge is 2.62. The number of benzene rings is 1.